The average Bonchev–Trinajstić information content (AvgIpc) is 1.99. The van der Waals surface area contributed by atoms with E-state index in [-0.39, 0.29) is 18.0 Å². The number of nitrogens with zero attached hydrogens (tertiary/aromatic N) is 1. The summed E-state index contributed by atoms with van der Waals surface area (Å²) in [4.78, 5) is 0. The Kier molecular flexibility index (Phi) is 4.84. The first kappa shape index (κ1) is 10.4. The molecule has 3 heteroatoms. The summed E-state index contributed by atoms with van der Waals surface area (Å²) in [5.74, 6) is 0.0659. The second-order valence-corrected chi connectivity index (χ2v) is 3.09. The lowest BCUT2D eigenvalue weighted by Gasteiger charge is -2.17. The predicted octanol–water partition coefficient (Wildman–Crippen LogP) is 0.471. The second kappa shape index (κ2) is 5.11. The first-order chi connectivity index (χ1) is 5.07. The Morgan fingerprint density at radius 1 is 1.45 bits per heavy atom. The van der Waals surface area contributed by atoms with Gasteiger partial charge >= 0.3 is 0 Å². The maximum Gasteiger partial charge on any atom is 0.0666 e. The highest BCUT2D eigenvalue weighted by atomic mass is 14.9. The van der Waals surface area contributed by atoms with Gasteiger partial charge in [0.2, 0.25) is 0 Å². The van der Waals surface area contributed by atoms with Crippen molar-refractivity contribution >= 4 is 0 Å². The fourth-order valence-corrected chi connectivity index (χ4v) is 0.594. The van der Waals surface area contributed by atoms with Crippen LogP contribution in [0, 0.1) is 17.2 Å². The summed E-state index contributed by atoms with van der Waals surface area (Å²) in [5, 5.41) is 11.7. The van der Waals surface area contributed by atoms with E-state index in [4.69, 9.17) is 11.0 Å². The van der Waals surface area contributed by atoms with Crippen LogP contribution in [0.5, 0.6) is 0 Å². The lowest BCUT2D eigenvalue weighted by molar-refractivity contribution is 0.457. The van der Waals surface area contributed by atoms with E-state index in [0.29, 0.717) is 0 Å². The van der Waals surface area contributed by atoms with E-state index >= 15 is 0 Å². The third-order valence-electron chi connectivity index (χ3n) is 1.76. The Bertz CT molecular complexity index is 137. The van der Waals surface area contributed by atoms with Crippen molar-refractivity contribution < 1.29 is 0 Å². The highest BCUT2D eigenvalue weighted by Crippen LogP contribution is 1.92. The van der Waals surface area contributed by atoms with Crippen LogP contribution in [0.4, 0.5) is 0 Å². The van der Waals surface area contributed by atoms with Gasteiger partial charge < -0.3 is 11.1 Å². The van der Waals surface area contributed by atoms with E-state index < -0.39 is 0 Å². The molecule has 0 fully saturated rings. The van der Waals surface area contributed by atoms with Crippen molar-refractivity contribution in [1.82, 2.24) is 5.32 Å². The zero-order valence-corrected chi connectivity index (χ0v) is 7.46. The summed E-state index contributed by atoms with van der Waals surface area (Å²) < 4.78 is 0. The van der Waals surface area contributed by atoms with Gasteiger partial charge in [0, 0.05) is 18.6 Å². The number of hydrogen-bond acceptors (Lipinski definition) is 3. The van der Waals surface area contributed by atoms with E-state index in [9.17, 15) is 0 Å². The molecule has 0 rings (SSSR count). The van der Waals surface area contributed by atoms with Crippen molar-refractivity contribution in [3.8, 4) is 6.07 Å². The summed E-state index contributed by atoms with van der Waals surface area (Å²) in [6.07, 6.45) is 0. The van der Waals surface area contributed by atoms with Gasteiger partial charge in [-0.3, -0.25) is 0 Å². The quantitative estimate of drug-likeness (QED) is 0.620. The van der Waals surface area contributed by atoms with Crippen molar-refractivity contribution in [2.24, 2.45) is 11.7 Å². The molecule has 0 amide bonds. The van der Waals surface area contributed by atoms with Gasteiger partial charge in [0.15, 0.2) is 0 Å². The Balaban J connectivity index is 3.47. The van der Waals surface area contributed by atoms with Crippen LogP contribution in [-0.4, -0.2) is 18.6 Å². The van der Waals surface area contributed by atoms with Crippen LogP contribution in [-0.2, 0) is 0 Å². The molecule has 0 aliphatic carbocycles. The molecule has 3 unspecified atom stereocenters. The number of nitrogens with two attached hydrogens (primary N) is 1. The summed E-state index contributed by atoms with van der Waals surface area (Å²) in [5.41, 5.74) is 5.62. The molecular formula is C8H17N3. The largest absolute Gasteiger partial charge is 0.327 e. The molecule has 3 N–H and O–H groups in total. The summed E-state index contributed by atoms with van der Waals surface area (Å²) in [7, 11) is 0. The van der Waals surface area contributed by atoms with Gasteiger partial charge in [0.05, 0.1) is 12.0 Å². The Morgan fingerprint density at radius 3 is 2.36 bits per heavy atom. The topological polar surface area (TPSA) is 61.8 Å². The fourth-order valence-electron chi connectivity index (χ4n) is 0.594. The van der Waals surface area contributed by atoms with Gasteiger partial charge in [-0.1, -0.05) is 0 Å². The SMILES string of the molecule is CC(C#N)CNC(C)C(C)N. The van der Waals surface area contributed by atoms with Gasteiger partial charge in [0.1, 0.15) is 0 Å². The van der Waals surface area contributed by atoms with Crippen LogP contribution in [0.3, 0.4) is 0 Å². The molecule has 0 radical (unpaired) electrons. The monoisotopic (exact) mass is 155 g/mol. The van der Waals surface area contributed by atoms with Crippen molar-refractivity contribution in [3.05, 3.63) is 0 Å². The molecule has 0 aliphatic rings. The maximum atomic E-state index is 8.47. The van der Waals surface area contributed by atoms with Gasteiger partial charge in [-0.25, -0.2) is 0 Å². The molecule has 64 valence electrons. The lowest BCUT2D eigenvalue weighted by atomic mass is 10.1. The molecule has 0 aromatic heterocycles. The molecule has 0 saturated heterocycles. The minimum absolute atomic E-state index is 0.0659. The van der Waals surface area contributed by atoms with Crippen LogP contribution in [0.2, 0.25) is 0 Å². The van der Waals surface area contributed by atoms with Crippen molar-refractivity contribution in [1.29, 1.82) is 5.26 Å². The third kappa shape index (κ3) is 4.77. The summed E-state index contributed by atoms with van der Waals surface area (Å²) >= 11 is 0. The van der Waals surface area contributed by atoms with Gasteiger partial charge in [0.25, 0.3) is 0 Å². The van der Waals surface area contributed by atoms with Crippen LogP contribution in [0.1, 0.15) is 20.8 Å². The van der Waals surface area contributed by atoms with Crippen molar-refractivity contribution in [3.63, 3.8) is 0 Å². The van der Waals surface area contributed by atoms with E-state index in [1.165, 1.54) is 0 Å². The van der Waals surface area contributed by atoms with Crippen molar-refractivity contribution in [2.45, 2.75) is 32.9 Å². The minimum Gasteiger partial charge on any atom is -0.327 e. The normalized spacial score (nSPS) is 18.5. The molecule has 0 aliphatic heterocycles. The third-order valence-corrected chi connectivity index (χ3v) is 1.76. The van der Waals surface area contributed by atoms with Gasteiger partial charge in [-0.05, 0) is 20.8 Å². The van der Waals surface area contributed by atoms with E-state index in [1.54, 1.807) is 0 Å². The number of rotatable bonds is 4. The first-order valence-corrected chi connectivity index (χ1v) is 3.96. The molecule has 0 spiro atoms. The molecule has 0 aromatic carbocycles. The van der Waals surface area contributed by atoms with Crippen LogP contribution < -0.4 is 11.1 Å². The zero-order valence-electron chi connectivity index (χ0n) is 7.46. The molecular weight excluding hydrogens is 138 g/mol. The lowest BCUT2D eigenvalue weighted by Crippen LogP contribution is -2.42. The Hall–Kier alpha value is -0.590. The maximum absolute atomic E-state index is 8.47. The second-order valence-electron chi connectivity index (χ2n) is 3.09. The molecule has 0 bridgehead atoms. The average molecular weight is 155 g/mol. The highest BCUT2D eigenvalue weighted by molar-refractivity contribution is 4.82. The summed E-state index contributed by atoms with van der Waals surface area (Å²) in [6.45, 7) is 6.59. The fraction of sp³-hybridized carbons (Fsp3) is 0.875. The van der Waals surface area contributed by atoms with Gasteiger partial charge in [-0.2, -0.15) is 5.26 Å². The van der Waals surface area contributed by atoms with E-state index in [0.717, 1.165) is 6.54 Å². The first-order valence-electron chi connectivity index (χ1n) is 3.96. The van der Waals surface area contributed by atoms with Crippen LogP contribution >= 0.6 is 0 Å². The molecule has 0 saturated carbocycles. The van der Waals surface area contributed by atoms with Gasteiger partial charge in [-0.15, -0.1) is 0 Å². The smallest absolute Gasteiger partial charge is 0.0666 e. The van der Waals surface area contributed by atoms with E-state index in [2.05, 4.69) is 11.4 Å². The van der Waals surface area contributed by atoms with Crippen LogP contribution in [0.15, 0.2) is 0 Å². The Morgan fingerprint density at radius 2 is 2.00 bits per heavy atom. The number of nitriles is 1. The number of hydrogen-bond donors (Lipinski definition) is 2. The molecule has 3 nitrogen and oxygen atoms in total. The van der Waals surface area contributed by atoms with E-state index in [1.807, 2.05) is 20.8 Å². The molecule has 11 heavy (non-hydrogen) atoms. The predicted molar refractivity (Wildman–Crippen MR) is 45.9 cm³/mol. The summed E-state index contributed by atoms with van der Waals surface area (Å²) in [6, 6.07) is 2.58. The van der Waals surface area contributed by atoms with Crippen molar-refractivity contribution in [2.75, 3.05) is 6.54 Å². The highest BCUT2D eigenvalue weighted by Gasteiger charge is 2.07. The minimum atomic E-state index is 0.0659. The molecule has 3 atom stereocenters. The van der Waals surface area contributed by atoms with Crippen LogP contribution in [0.25, 0.3) is 0 Å². The standard InChI is InChI=1S/C8H17N3/c1-6(4-9)5-11-8(3)7(2)10/h6-8,11H,5,10H2,1-3H3. The Labute approximate surface area is 68.6 Å². The number of nitrogens with one attached hydrogen (secondary N) is 1. The zero-order chi connectivity index (χ0) is 8.85. The molecule has 0 aromatic rings. The molecule has 0 heterocycles.